The van der Waals surface area contributed by atoms with Gasteiger partial charge in [0, 0.05) is 25.3 Å². The molecule has 0 bridgehead atoms. The minimum Gasteiger partial charge on any atom is -0.391 e. The van der Waals surface area contributed by atoms with Crippen molar-refractivity contribution in [1.29, 1.82) is 0 Å². The predicted molar refractivity (Wildman–Crippen MR) is 71.4 cm³/mol. The molecule has 1 aromatic rings. The second-order valence-electron chi connectivity index (χ2n) is 4.78. The quantitative estimate of drug-likeness (QED) is 0.832. The van der Waals surface area contributed by atoms with Gasteiger partial charge in [-0.1, -0.05) is 13.0 Å². The van der Waals surface area contributed by atoms with Gasteiger partial charge in [-0.2, -0.15) is 0 Å². The molecule has 2 rings (SSSR count). The maximum Gasteiger partial charge on any atom is 0.0731 e. The molecule has 1 unspecified atom stereocenters. The van der Waals surface area contributed by atoms with Gasteiger partial charge in [0.25, 0.3) is 0 Å². The van der Waals surface area contributed by atoms with E-state index in [2.05, 4.69) is 42.3 Å². The SMILES string of the molecule is CCNCc1ccc(N2CCC(O)C2)cc1C. The van der Waals surface area contributed by atoms with Crippen LogP contribution in [0.4, 0.5) is 5.69 Å². The molecule has 17 heavy (non-hydrogen) atoms. The molecule has 1 heterocycles. The van der Waals surface area contributed by atoms with Crippen LogP contribution in [0.1, 0.15) is 24.5 Å². The standard InChI is InChI=1S/C14H22N2O/c1-3-15-9-12-4-5-13(8-11(12)2)16-7-6-14(17)10-16/h4-5,8,14-15,17H,3,6-7,9-10H2,1-2H3. The average Bonchev–Trinajstić information content (AvgIpc) is 2.74. The van der Waals surface area contributed by atoms with E-state index in [9.17, 15) is 5.11 Å². The lowest BCUT2D eigenvalue weighted by atomic mass is 10.1. The summed E-state index contributed by atoms with van der Waals surface area (Å²) in [5.41, 5.74) is 3.92. The molecule has 2 N–H and O–H groups in total. The Balaban J connectivity index is 2.08. The fourth-order valence-corrected chi connectivity index (χ4v) is 2.31. The van der Waals surface area contributed by atoms with Gasteiger partial charge in [0.1, 0.15) is 0 Å². The summed E-state index contributed by atoms with van der Waals surface area (Å²) < 4.78 is 0. The molecule has 1 aromatic carbocycles. The first kappa shape index (κ1) is 12.4. The van der Waals surface area contributed by atoms with Crippen molar-refractivity contribution in [3.05, 3.63) is 29.3 Å². The van der Waals surface area contributed by atoms with Gasteiger partial charge in [-0.15, -0.1) is 0 Å². The van der Waals surface area contributed by atoms with E-state index in [1.165, 1.54) is 16.8 Å². The summed E-state index contributed by atoms with van der Waals surface area (Å²) in [5, 5.41) is 12.9. The highest BCUT2D eigenvalue weighted by Gasteiger charge is 2.20. The molecule has 0 saturated carbocycles. The van der Waals surface area contributed by atoms with Crippen LogP contribution in [0.15, 0.2) is 18.2 Å². The van der Waals surface area contributed by atoms with Crippen LogP contribution < -0.4 is 10.2 Å². The molecule has 1 atom stereocenters. The summed E-state index contributed by atoms with van der Waals surface area (Å²) in [4.78, 5) is 2.26. The zero-order chi connectivity index (χ0) is 12.3. The highest BCUT2D eigenvalue weighted by molar-refractivity contribution is 5.51. The number of hydrogen-bond acceptors (Lipinski definition) is 3. The number of nitrogens with zero attached hydrogens (tertiary/aromatic N) is 1. The fourth-order valence-electron chi connectivity index (χ4n) is 2.31. The number of β-amino-alcohol motifs (C(OH)–C–C–N with tert-alkyl or cyclic N) is 1. The van der Waals surface area contributed by atoms with Crippen LogP contribution in [-0.4, -0.2) is 30.8 Å². The number of aryl methyl sites for hydroxylation is 1. The molecule has 0 aromatic heterocycles. The molecule has 3 nitrogen and oxygen atoms in total. The van der Waals surface area contributed by atoms with Crippen LogP contribution in [0.3, 0.4) is 0 Å². The van der Waals surface area contributed by atoms with Crippen LogP contribution in [0, 0.1) is 6.92 Å². The van der Waals surface area contributed by atoms with Gasteiger partial charge in [-0.25, -0.2) is 0 Å². The second-order valence-corrected chi connectivity index (χ2v) is 4.78. The van der Waals surface area contributed by atoms with E-state index in [-0.39, 0.29) is 6.10 Å². The molecule has 0 spiro atoms. The second kappa shape index (κ2) is 5.52. The third kappa shape index (κ3) is 2.99. The summed E-state index contributed by atoms with van der Waals surface area (Å²) in [6.45, 7) is 7.95. The normalized spacial score (nSPS) is 19.9. The number of aliphatic hydroxyl groups excluding tert-OH is 1. The number of anilines is 1. The Bertz CT molecular complexity index is 378. The van der Waals surface area contributed by atoms with Crippen molar-refractivity contribution < 1.29 is 5.11 Å². The number of rotatable bonds is 4. The largest absolute Gasteiger partial charge is 0.391 e. The van der Waals surface area contributed by atoms with E-state index in [0.717, 1.165) is 32.6 Å². The van der Waals surface area contributed by atoms with Gasteiger partial charge in [-0.3, -0.25) is 0 Å². The topological polar surface area (TPSA) is 35.5 Å². The molecule has 0 radical (unpaired) electrons. The van der Waals surface area contributed by atoms with E-state index in [4.69, 9.17) is 0 Å². The average molecular weight is 234 g/mol. The smallest absolute Gasteiger partial charge is 0.0731 e. The summed E-state index contributed by atoms with van der Waals surface area (Å²) in [6, 6.07) is 6.58. The number of nitrogens with one attached hydrogen (secondary N) is 1. The highest BCUT2D eigenvalue weighted by atomic mass is 16.3. The van der Waals surface area contributed by atoms with Crippen molar-refractivity contribution in [2.24, 2.45) is 0 Å². The number of hydrogen-bond donors (Lipinski definition) is 2. The third-order valence-electron chi connectivity index (χ3n) is 3.42. The van der Waals surface area contributed by atoms with Crippen LogP contribution in [0.25, 0.3) is 0 Å². The van der Waals surface area contributed by atoms with Gasteiger partial charge < -0.3 is 15.3 Å². The van der Waals surface area contributed by atoms with Crippen molar-refractivity contribution in [3.63, 3.8) is 0 Å². The maximum atomic E-state index is 9.55. The summed E-state index contributed by atoms with van der Waals surface area (Å²) >= 11 is 0. The van der Waals surface area contributed by atoms with Gasteiger partial charge in [0.2, 0.25) is 0 Å². The van der Waals surface area contributed by atoms with Gasteiger partial charge in [0.05, 0.1) is 6.10 Å². The summed E-state index contributed by atoms with van der Waals surface area (Å²) in [7, 11) is 0. The lowest BCUT2D eigenvalue weighted by molar-refractivity contribution is 0.198. The zero-order valence-electron chi connectivity index (χ0n) is 10.7. The highest BCUT2D eigenvalue weighted by Crippen LogP contribution is 2.23. The van der Waals surface area contributed by atoms with Crippen molar-refractivity contribution in [3.8, 4) is 0 Å². The van der Waals surface area contributed by atoms with E-state index >= 15 is 0 Å². The molecule has 94 valence electrons. The van der Waals surface area contributed by atoms with Crippen LogP contribution in [0.5, 0.6) is 0 Å². The van der Waals surface area contributed by atoms with Crippen molar-refractivity contribution in [2.45, 2.75) is 32.9 Å². The Morgan fingerprint density at radius 3 is 2.88 bits per heavy atom. The van der Waals surface area contributed by atoms with Crippen molar-refractivity contribution in [2.75, 3.05) is 24.5 Å². The molecule has 1 fully saturated rings. The molecular formula is C14H22N2O. The van der Waals surface area contributed by atoms with Crippen LogP contribution in [0.2, 0.25) is 0 Å². The van der Waals surface area contributed by atoms with Gasteiger partial charge in [-0.05, 0) is 43.1 Å². The Morgan fingerprint density at radius 1 is 1.47 bits per heavy atom. The van der Waals surface area contributed by atoms with E-state index in [1.54, 1.807) is 0 Å². The van der Waals surface area contributed by atoms with Gasteiger partial charge >= 0.3 is 0 Å². The van der Waals surface area contributed by atoms with Crippen molar-refractivity contribution in [1.82, 2.24) is 5.32 Å². The van der Waals surface area contributed by atoms with Crippen LogP contribution >= 0.6 is 0 Å². The minimum atomic E-state index is -0.156. The molecule has 1 aliphatic heterocycles. The van der Waals surface area contributed by atoms with Crippen molar-refractivity contribution >= 4 is 5.69 Å². The first-order valence-corrected chi connectivity index (χ1v) is 6.44. The lowest BCUT2D eigenvalue weighted by Crippen LogP contribution is -2.21. The molecule has 1 saturated heterocycles. The first-order valence-electron chi connectivity index (χ1n) is 6.44. The first-order chi connectivity index (χ1) is 8.20. The van der Waals surface area contributed by atoms with E-state index in [0.29, 0.717) is 0 Å². The molecule has 1 aliphatic rings. The predicted octanol–water partition coefficient (Wildman–Crippen LogP) is 1.68. The Kier molecular flexibility index (Phi) is 4.02. The Morgan fingerprint density at radius 2 is 2.29 bits per heavy atom. The Labute approximate surface area is 103 Å². The summed E-state index contributed by atoms with van der Waals surface area (Å²) in [6.07, 6.45) is 0.731. The molecule has 3 heteroatoms. The van der Waals surface area contributed by atoms with Crippen LogP contribution in [-0.2, 0) is 6.54 Å². The summed E-state index contributed by atoms with van der Waals surface area (Å²) in [5.74, 6) is 0. The monoisotopic (exact) mass is 234 g/mol. The third-order valence-corrected chi connectivity index (χ3v) is 3.42. The van der Waals surface area contributed by atoms with E-state index in [1.807, 2.05) is 0 Å². The minimum absolute atomic E-state index is 0.156. The zero-order valence-corrected chi connectivity index (χ0v) is 10.7. The molecule has 0 amide bonds. The fraction of sp³-hybridized carbons (Fsp3) is 0.571. The number of aliphatic hydroxyl groups is 1. The molecular weight excluding hydrogens is 212 g/mol. The maximum absolute atomic E-state index is 9.55. The molecule has 0 aliphatic carbocycles. The number of benzene rings is 1. The van der Waals surface area contributed by atoms with E-state index < -0.39 is 0 Å². The van der Waals surface area contributed by atoms with Gasteiger partial charge in [0.15, 0.2) is 0 Å². The Hall–Kier alpha value is -1.06. The lowest BCUT2D eigenvalue weighted by Gasteiger charge is -2.19.